The van der Waals surface area contributed by atoms with E-state index in [4.69, 9.17) is 8.92 Å². The molecular formula is C25H27FN2O5S. The molecule has 3 aromatic rings. The van der Waals surface area contributed by atoms with Crippen molar-refractivity contribution in [2.75, 3.05) is 12.4 Å². The monoisotopic (exact) mass is 486 g/mol. The Kier molecular flexibility index (Phi) is 8.12. The zero-order valence-electron chi connectivity index (χ0n) is 19.2. The normalized spacial score (nSPS) is 12.0. The number of methoxy groups -OCH3 is 1. The van der Waals surface area contributed by atoms with Gasteiger partial charge < -0.3 is 19.1 Å². The summed E-state index contributed by atoms with van der Waals surface area (Å²) in [6.07, 6.45) is 0.717. The van der Waals surface area contributed by atoms with Crippen molar-refractivity contribution in [2.45, 2.75) is 37.8 Å². The van der Waals surface area contributed by atoms with Crippen molar-refractivity contribution >= 4 is 21.8 Å². The number of carbonyl (C=O) groups excluding carboxylic acids is 1. The SMILES string of the molecule is CC[C@H](C)N(Cc1cccc(OS(=O)(=O)c2ccc(F)cc2)c1)C(=O)Nc1ccccc1OC. The fourth-order valence-corrected chi connectivity index (χ4v) is 4.17. The molecule has 0 radical (unpaired) electrons. The zero-order valence-corrected chi connectivity index (χ0v) is 20.0. The molecule has 0 aliphatic heterocycles. The van der Waals surface area contributed by atoms with Crippen LogP contribution in [0.15, 0.2) is 77.7 Å². The number of ether oxygens (including phenoxy) is 1. The Morgan fingerprint density at radius 1 is 1.06 bits per heavy atom. The maximum Gasteiger partial charge on any atom is 0.339 e. The Balaban J connectivity index is 1.79. The molecule has 0 aromatic heterocycles. The lowest BCUT2D eigenvalue weighted by molar-refractivity contribution is 0.187. The Morgan fingerprint density at radius 2 is 1.76 bits per heavy atom. The summed E-state index contributed by atoms with van der Waals surface area (Å²) in [5.41, 5.74) is 1.23. The third kappa shape index (κ3) is 6.26. The smallest absolute Gasteiger partial charge is 0.339 e. The number of carbonyl (C=O) groups is 1. The molecule has 0 aliphatic rings. The molecule has 0 fully saturated rings. The zero-order chi connectivity index (χ0) is 24.7. The molecule has 0 aliphatic carbocycles. The molecule has 3 rings (SSSR count). The predicted octanol–water partition coefficient (Wildman–Crippen LogP) is 5.43. The van der Waals surface area contributed by atoms with Crippen LogP contribution in [0, 0.1) is 5.82 Å². The second-order valence-corrected chi connectivity index (χ2v) is 9.20. The van der Waals surface area contributed by atoms with Crippen LogP contribution in [0.5, 0.6) is 11.5 Å². The van der Waals surface area contributed by atoms with Gasteiger partial charge in [0.25, 0.3) is 0 Å². The highest BCUT2D eigenvalue weighted by atomic mass is 32.2. The number of urea groups is 1. The second-order valence-electron chi connectivity index (χ2n) is 7.65. The minimum Gasteiger partial charge on any atom is -0.495 e. The van der Waals surface area contributed by atoms with Crippen molar-refractivity contribution in [3.8, 4) is 11.5 Å². The number of halogens is 1. The highest BCUT2D eigenvalue weighted by Gasteiger charge is 2.22. The number of para-hydroxylation sites is 2. The van der Waals surface area contributed by atoms with E-state index >= 15 is 0 Å². The molecule has 7 nitrogen and oxygen atoms in total. The van der Waals surface area contributed by atoms with Gasteiger partial charge in [0, 0.05) is 12.6 Å². The summed E-state index contributed by atoms with van der Waals surface area (Å²) in [6.45, 7) is 4.13. The van der Waals surface area contributed by atoms with Crippen LogP contribution >= 0.6 is 0 Å². The van der Waals surface area contributed by atoms with Gasteiger partial charge in [0.2, 0.25) is 0 Å². The molecule has 2 amide bonds. The third-order valence-electron chi connectivity index (χ3n) is 5.29. The number of rotatable bonds is 9. The van der Waals surface area contributed by atoms with Gasteiger partial charge in [-0.05, 0) is 67.4 Å². The van der Waals surface area contributed by atoms with Crippen molar-refractivity contribution in [1.82, 2.24) is 4.90 Å². The molecule has 1 N–H and O–H groups in total. The average Bonchev–Trinajstić information content (AvgIpc) is 2.82. The van der Waals surface area contributed by atoms with E-state index < -0.39 is 15.9 Å². The van der Waals surface area contributed by atoms with Gasteiger partial charge in [0.15, 0.2) is 0 Å². The van der Waals surface area contributed by atoms with Crippen LogP contribution in [-0.2, 0) is 16.7 Å². The van der Waals surface area contributed by atoms with E-state index in [1.54, 1.807) is 41.3 Å². The lowest BCUT2D eigenvalue weighted by Gasteiger charge is -2.29. The first-order valence-electron chi connectivity index (χ1n) is 10.7. The number of amides is 2. The number of nitrogens with one attached hydrogen (secondary N) is 1. The Bertz CT molecular complexity index is 1230. The Labute approximate surface area is 199 Å². The first kappa shape index (κ1) is 25.0. The van der Waals surface area contributed by atoms with Crippen LogP contribution in [0.2, 0.25) is 0 Å². The van der Waals surface area contributed by atoms with Gasteiger partial charge in [-0.3, -0.25) is 0 Å². The number of nitrogens with zero attached hydrogens (tertiary/aromatic N) is 1. The predicted molar refractivity (Wildman–Crippen MR) is 128 cm³/mol. The van der Waals surface area contributed by atoms with Gasteiger partial charge in [0.05, 0.1) is 12.8 Å². The van der Waals surface area contributed by atoms with Crippen LogP contribution in [0.3, 0.4) is 0 Å². The molecule has 180 valence electrons. The van der Waals surface area contributed by atoms with Gasteiger partial charge in [0.1, 0.15) is 22.2 Å². The first-order chi connectivity index (χ1) is 16.2. The van der Waals surface area contributed by atoms with Crippen LogP contribution in [0.4, 0.5) is 14.9 Å². The average molecular weight is 487 g/mol. The van der Waals surface area contributed by atoms with Crippen LogP contribution < -0.4 is 14.2 Å². The molecule has 0 bridgehead atoms. The molecule has 0 heterocycles. The highest BCUT2D eigenvalue weighted by Crippen LogP contribution is 2.25. The molecule has 0 unspecified atom stereocenters. The summed E-state index contributed by atoms with van der Waals surface area (Å²) < 4.78 is 48.8. The van der Waals surface area contributed by atoms with Crippen LogP contribution in [0.1, 0.15) is 25.8 Å². The van der Waals surface area contributed by atoms with E-state index in [2.05, 4.69) is 5.32 Å². The molecule has 3 aromatic carbocycles. The molecular weight excluding hydrogens is 459 g/mol. The summed E-state index contributed by atoms with van der Waals surface area (Å²) in [5.74, 6) is 0.0925. The molecule has 0 saturated carbocycles. The highest BCUT2D eigenvalue weighted by molar-refractivity contribution is 7.87. The number of hydrogen-bond acceptors (Lipinski definition) is 5. The molecule has 34 heavy (non-hydrogen) atoms. The van der Waals surface area contributed by atoms with Gasteiger partial charge >= 0.3 is 16.1 Å². The van der Waals surface area contributed by atoms with E-state index in [-0.39, 0.29) is 29.3 Å². The molecule has 0 saturated heterocycles. The van der Waals surface area contributed by atoms with Gasteiger partial charge in [-0.25, -0.2) is 9.18 Å². The summed E-state index contributed by atoms with van der Waals surface area (Å²) in [5, 5.41) is 2.88. The van der Waals surface area contributed by atoms with E-state index in [1.807, 2.05) is 19.9 Å². The lowest BCUT2D eigenvalue weighted by Crippen LogP contribution is -2.40. The van der Waals surface area contributed by atoms with Crippen molar-refractivity contribution in [3.63, 3.8) is 0 Å². The maximum atomic E-state index is 13.1. The van der Waals surface area contributed by atoms with Crippen LogP contribution in [-0.4, -0.2) is 32.5 Å². The van der Waals surface area contributed by atoms with Gasteiger partial charge in [-0.2, -0.15) is 8.42 Å². The van der Waals surface area contributed by atoms with Crippen molar-refractivity contribution < 1.29 is 26.5 Å². The first-order valence-corrected chi connectivity index (χ1v) is 12.1. The standard InChI is InChI=1S/C25H27FN2O5S/c1-4-18(2)28(25(29)27-23-10-5-6-11-24(23)32-3)17-19-8-7-9-21(16-19)33-34(30,31)22-14-12-20(26)13-15-22/h5-16,18H,4,17H2,1-3H3,(H,27,29)/t18-/m0/s1. The van der Waals surface area contributed by atoms with E-state index in [0.717, 1.165) is 24.3 Å². The third-order valence-corrected chi connectivity index (χ3v) is 6.55. The van der Waals surface area contributed by atoms with Crippen LogP contribution in [0.25, 0.3) is 0 Å². The number of anilines is 1. The van der Waals surface area contributed by atoms with Crippen molar-refractivity contribution in [2.24, 2.45) is 0 Å². The largest absolute Gasteiger partial charge is 0.495 e. The number of hydrogen-bond donors (Lipinski definition) is 1. The van der Waals surface area contributed by atoms with E-state index in [0.29, 0.717) is 23.4 Å². The maximum absolute atomic E-state index is 13.1. The summed E-state index contributed by atoms with van der Waals surface area (Å²) in [6, 6.07) is 17.6. The summed E-state index contributed by atoms with van der Waals surface area (Å²) in [4.78, 5) is 14.6. The van der Waals surface area contributed by atoms with E-state index in [9.17, 15) is 17.6 Å². The quantitative estimate of drug-likeness (QED) is 0.408. The fraction of sp³-hybridized carbons (Fsp3) is 0.240. The second kappa shape index (κ2) is 11.0. The number of benzene rings is 3. The molecule has 1 atom stereocenters. The van der Waals surface area contributed by atoms with Gasteiger partial charge in [-0.15, -0.1) is 0 Å². The minimum absolute atomic E-state index is 0.0936. The van der Waals surface area contributed by atoms with Gasteiger partial charge in [-0.1, -0.05) is 31.2 Å². The summed E-state index contributed by atoms with van der Waals surface area (Å²) in [7, 11) is -2.60. The summed E-state index contributed by atoms with van der Waals surface area (Å²) >= 11 is 0. The Morgan fingerprint density at radius 3 is 2.44 bits per heavy atom. The lowest BCUT2D eigenvalue weighted by atomic mass is 10.1. The molecule has 9 heteroatoms. The Hall–Kier alpha value is -3.59. The molecule has 0 spiro atoms. The van der Waals surface area contributed by atoms with E-state index in [1.165, 1.54) is 13.2 Å². The fourth-order valence-electron chi connectivity index (χ4n) is 3.25. The van der Waals surface area contributed by atoms with Crippen molar-refractivity contribution in [3.05, 3.63) is 84.2 Å². The minimum atomic E-state index is -4.13. The van der Waals surface area contributed by atoms with Crippen molar-refractivity contribution in [1.29, 1.82) is 0 Å². The topological polar surface area (TPSA) is 84.9 Å².